The molecule has 0 aliphatic heterocycles. The van der Waals surface area contributed by atoms with Gasteiger partial charge in [-0.15, -0.1) is 0 Å². The van der Waals surface area contributed by atoms with E-state index in [2.05, 4.69) is 49.0 Å². The fraction of sp³-hybridized carbons (Fsp3) is 0.200. The Morgan fingerprint density at radius 3 is 2.25 bits per heavy atom. The molecule has 0 saturated carbocycles. The summed E-state index contributed by atoms with van der Waals surface area (Å²) in [4.78, 5) is 24.0. The highest BCUT2D eigenvalue weighted by Gasteiger charge is 2.17. The van der Waals surface area contributed by atoms with Gasteiger partial charge in [-0.1, -0.05) is 30.3 Å². The average Bonchev–Trinajstić information content (AvgIpc) is 3.35. The predicted octanol–water partition coefficient (Wildman–Crippen LogP) is 6.15. The summed E-state index contributed by atoms with van der Waals surface area (Å²) in [5.41, 5.74) is 5.40. The van der Waals surface area contributed by atoms with Crippen molar-refractivity contribution in [3.05, 3.63) is 101 Å². The standard InChI is InChI=1S/C20H19NO4.C10H11N/c1-3-25-16-9-7-14(8-10-16)20(24)21-13(2)11-17-15(12-19(22)23)5-4-6-18(17)21;1-8-7-11(2)10-6-4-3-5-9(8)10/h4-11H,3,12H2,1-2H3,(H,22,23);3-7H,1-2H3. The van der Waals surface area contributed by atoms with Gasteiger partial charge < -0.3 is 14.4 Å². The first-order valence-corrected chi connectivity index (χ1v) is 11.9. The summed E-state index contributed by atoms with van der Waals surface area (Å²) in [5, 5.41) is 11.2. The van der Waals surface area contributed by atoms with Gasteiger partial charge in [-0.05, 0) is 74.4 Å². The van der Waals surface area contributed by atoms with Crippen LogP contribution in [-0.4, -0.2) is 32.7 Å². The second-order valence-corrected chi connectivity index (χ2v) is 8.74. The van der Waals surface area contributed by atoms with Crippen molar-refractivity contribution in [2.24, 2.45) is 7.05 Å². The van der Waals surface area contributed by atoms with Gasteiger partial charge in [0.05, 0.1) is 18.5 Å². The smallest absolute Gasteiger partial charge is 0.307 e. The zero-order valence-corrected chi connectivity index (χ0v) is 21.0. The van der Waals surface area contributed by atoms with Crippen molar-refractivity contribution in [3.63, 3.8) is 0 Å². The van der Waals surface area contributed by atoms with Gasteiger partial charge >= 0.3 is 5.97 Å². The largest absolute Gasteiger partial charge is 0.494 e. The molecule has 0 fully saturated rings. The summed E-state index contributed by atoms with van der Waals surface area (Å²) in [6.45, 7) is 6.46. The number of ether oxygens (including phenoxy) is 1. The molecular formula is C30H30N2O4. The van der Waals surface area contributed by atoms with E-state index in [9.17, 15) is 9.59 Å². The Bertz CT molecular complexity index is 1510. The van der Waals surface area contributed by atoms with Crippen molar-refractivity contribution >= 4 is 33.7 Å². The normalized spacial score (nSPS) is 10.8. The molecule has 36 heavy (non-hydrogen) atoms. The summed E-state index contributed by atoms with van der Waals surface area (Å²) in [6, 6.07) is 22.7. The van der Waals surface area contributed by atoms with E-state index in [1.807, 2.05) is 26.0 Å². The maximum Gasteiger partial charge on any atom is 0.307 e. The van der Waals surface area contributed by atoms with Gasteiger partial charge in [0.15, 0.2) is 0 Å². The molecule has 0 aliphatic carbocycles. The molecule has 2 aromatic heterocycles. The Morgan fingerprint density at radius 1 is 0.889 bits per heavy atom. The maximum atomic E-state index is 13.0. The second kappa shape index (κ2) is 10.5. The van der Waals surface area contributed by atoms with E-state index in [-0.39, 0.29) is 12.3 Å². The number of aliphatic carboxylic acids is 1. The number of carbonyl (C=O) groups is 2. The molecule has 3 aromatic carbocycles. The molecule has 2 heterocycles. The molecule has 0 spiro atoms. The number of carboxylic acid groups (broad SMARTS) is 1. The van der Waals surface area contributed by atoms with Gasteiger partial charge in [0.25, 0.3) is 5.91 Å². The fourth-order valence-electron chi connectivity index (χ4n) is 4.54. The maximum absolute atomic E-state index is 13.0. The number of carbonyl (C=O) groups excluding carboxylic acids is 1. The molecule has 0 atom stereocenters. The number of aryl methyl sites for hydroxylation is 3. The number of rotatable bonds is 5. The molecule has 0 aliphatic rings. The van der Waals surface area contributed by atoms with Crippen LogP contribution in [0.3, 0.4) is 0 Å². The summed E-state index contributed by atoms with van der Waals surface area (Å²) >= 11 is 0. The van der Waals surface area contributed by atoms with Gasteiger partial charge in [0.2, 0.25) is 0 Å². The second-order valence-electron chi connectivity index (χ2n) is 8.74. The topological polar surface area (TPSA) is 73.5 Å². The van der Waals surface area contributed by atoms with Crippen LogP contribution in [-0.2, 0) is 18.3 Å². The third-order valence-electron chi connectivity index (χ3n) is 6.17. The lowest BCUT2D eigenvalue weighted by Crippen LogP contribution is -2.13. The molecule has 184 valence electrons. The van der Waals surface area contributed by atoms with Crippen LogP contribution in [0.5, 0.6) is 5.75 Å². The van der Waals surface area contributed by atoms with Gasteiger partial charge in [0.1, 0.15) is 5.75 Å². The highest BCUT2D eigenvalue weighted by molar-refractivity contribution is 6.04. The minimum Gasteiger partial charge on any atom is -0.494 e. The zero-order chi connectivity index (χ0) is 25.8. The number of carboxylic acids is 1. The van der Waals surface area contributed by atoms with Crippen molar-refractivity contribution in [2.45, 2.75) is 27.2 Å². The Balaban J connectivity index is 0.000000229. The zero-order valence-electron chi connectivity index (χ0n) is 21.0. The Kier molecular flexibility index (Phi) is 7.25. The van der Waals surface area contributed by atoms with E-state index < -0.39 is 5.97 Å². The Labute approximate surface area is 210 Å². The minimum absolute atomic E-state index is 0.0714. The highest BCUT2D eigenvalue weighted by atomic mass is 16.5. The molecule has 5 rings (SSSR count). The minimum atomic E-state index is -0.893. The third-order valence-corrected chi connectivity index (χ3v) is 6.17. The van der Waals surface area contributed by atoms with Crippen LogP contribution >= 0.6 is 0 Å². The fourth-order valence-corrected chi connectivity index (χ4v) is 4.54. The van der Waals surface area contributed by atoms with Crippen LogP contribution in [0.1, 0.15) is 34.1 Å². The van der Waals surface area contributed by atoms with Crippen LogP contribution in [0.4, 0.5) is 0 Å². The van der Waals surface area contributed by atoms with Gasteiger partial charge in [0, 0.05) is 40.8 Å². The molecule has 1 N–H and O–H groups in total. The molecule has 6 heteroatoms. The number of nitrogens with zero attached hydrogens (tertiary/aromatic N) is 2. The summed E-state index contributed by atoms with van der Waals surface area (Å²) < 4.78 is 9.18. The van der Waals surface area contributed by atoms with Crippen molar-refractivity contribution in [1.29, 1.82) is 0 Å². The quantitative estimate of drug-likeness (QED) is 0.326. The first-order valence-electron chi connectivity index (χ1n) is 11.9. The molecule has 0 unspecified atom stereocenters. The molecule has 0 radical (unpaired) electrons. The van der Waals surface area contributed by atoms with Crippen LogP contribution in [0.15, 0.2) is 79.0 Å². The molecule has 5 aromatic rings. The predicted molar refractivity (Wildman–Crippen MR) is 143 cm³/mol. The molecule has 0 amide bonds. The monoisotopic (exact) mass is 482 g/mol. The van der Waals surface area contributed by atoms with Gasteiger partial charge in [-0.25, -0.2) is 0 Å². The van der Waals surface area contributed by atoms with Crippen molar-refractivity contribution in [1.82, 2.24) is 9.13 Å². The van der Waals surface area contributed by atoms with E-state index in [4.69, 9.17) is 9.84 Å². The van der Waals surface area contributed by atoms with Gasteiger partial charge in [-0.2, -0.15) is 0 Å². The Morgan fingerprint density at radius 2 is 1.58 bits per heavy atom. The van der Waals surface area contributed by atoms with Crippen molar-refractivity contribution in [3.8, 4) is 5.75 Å². The number of hydrogen-bond donors (Lipinski definition) is 1. The van der Waals surface area contributed by atoms with E-state index >= 15 is 0 Å². The van der Waals surface area contributed by atoms with E-state index in [1.54, 1.807) is 41.0 Å². The lowest BCUT2D eigenvalue weighted by molar-refractivity contribution is -0.136. The highest BCUT2D eigenvalue weighted by Crippen LogP contribution is 2.25. The average molecular weight is 483 g/mol. The lowest BCUT2D eigenvalue weighted by Gasteiger charge is -2.09. The number of para-hydroxylation sites is 1. The number of benzene rings is 3. The summed E-state index contributed by atoms with van der Waals surface area (Å²) in [7, 11) is 2.08. The van der Waals surface area contributed by atoms with Crippen LogP contribution in [0.2, 0.25) is 0 Å². The Hall–Kier alpha value is -4.32. The summed E-state index contributed by atoms with van der Waals surface area (Å²) in [6.07, 6.45) is 2.09. The van der Waals surface area contributed by atoms with Gasteiger partial charge in [-0.3, -0.25) is 14.2 Å². The van der Waals surface area contributed by atoms with Crippen LogP contribution in [0, 0.1) is 13.8 Å². The van der Waals surface area contributed by atoms with Crippen LogP contribution < -0.4 is 4.74 Å². The molecular weight excluding hydrogens is 452 g/mol. The first kappa shape index (κ1) is 24.8. The first-order chi connectivity index (χ1) is 17.3. The molecule has 0 saturated heterocycles. The number of aromatic nitrogens is 2. The SMILES string of the molecule is CCOc1ccc(C(=O)n2c(C)cc3c(CC(=O)O)cccc32)cc1.Cc1cn(C)c2ccccc12. The van der Waals surface area contributed by atoms with Crippen LogP contribution in [0.25, 0.3) is 21.8 Å². The summed E-state index contributed by atoms with van der Waals surface area (Å²) in [5.74, 6) is -0.323. The van der Waals surface area contributed by atoms with E-state index in [1.165, 1.54) is 16.5 Å². The third kappa shape index (κ3) is 5.03. The van der Waals surface area contributed by atoms with E-state index in [0.717, 1.165) is 22.3 Å². The number of hydrogen-bond acceptors (Lipinski definition) is 3. The number of fused-ring (bicyclic) bond motifs is 2. The van der Waals surface area contributed by atoms with E-state index in [0.29, 0.717) is 17.7 Å². The molecule has 0 bridgehead atoms. The van der Waals surface area contributed by atoms with Crippen molar-refractivity contribution in [2.75, 3.05) is 6.61 Å². The lowest BCUT2D eigenvalue weighted by atomic mass is 10.1. The molecule has 6 nitrogen and oxygen atoms in total. The van der Waals surface area contributed by atoms with Crippen molar-refractivity contribution < 1.29 is 19.4 Å².